The van der Waals surface area contributed by atoms with Gasteiger partial charge in [-0.25, -0.2) is 4.79 Å². The molecule has 2 aromatic carbocycles. The first-order valence-corrected chi connectivity index (χ1v) is 10.9. The highest BCUT2D eigenvalue weighted by Gasteiger charge is 2.13. The van der Waals surface area contributed by atoms with Gasteiger partial charge in [0, 0.05) is 12.1 Å². The molecule has 4 rings (SSSR count). The van der Waals surface area contributed by atoms with Crippen molar-refractivity contribution >= 4 is 16.8 Å². The van der Waals surface area contributed by atoms with E-state index in [1.54, 1.807) is 18.2 Å². The molecule has 1 aliphatic heterocycles. The molecular formula is C24H28N4O3. The maximum atomic E-state index is 12.8. The summed E-state index contributed by atoms with van der Waals surface area (Å²) in [5, 5.41) is 3.32. The van der Waals surface area contributed by atoms with Crippen molar-refractivity contribution in [1.82, 2.24) is 19.8 Å². The molecule has 0 saturated carbocycles. The SMILES string of the molecule is O=C(NCCCN1CCCCC1)c1ccc2c(=O)n(Cc3ccccc3)c(=O)[nH]c2c1. The van der Waals surface area contributed by atoms with Gasteiger partial charge in [0.05, 0.1) is 17.4 Å². The fourth-order valence-electron chi connectivity index (χ4n) is 4.09. The second-order valence-electron chi connectivity index (χ2n) is 8.08. The Hall–Kier alpha value is -3.19. The number of piperidine rings is 1. The van der Waals surface area contributed by atoms with Crippen molar-refractivity contribution in [3.63, 3.8) is 0 Å². The molecule has 162 valence electrons. The van der Waals surface area contributed by atoms with Crippen LogP contribution < -0.4 is 16.6 Å². The average Bonchev–Trinajstić information content (AvgIpc) is 2.80. The third-order valence-corrected chi connectivity index (χ3v) is 5.81. The smallest absolute Gasteiger partial charge is 0.329 e. The zero-order valence-electron chi connectivity index (χ0n) is 17.6. The largest absolute Gasteiger partial charge is 0.352 e. The standard InChI is InChI=1S/C24H28N4O3/c29-22(25-12-7-15-27-13-5-2-6-14-27)19-10-11-20-21(16-19)26-24(31)28(23(20)30)17-18-8-3-1-4-9-18/h1,3-4,8-11,16H,2,5-7,12-15,17H2,(H,25,29)(H,26,31). The molecule has 7 nitrogen and oxygen atoms in total. The van der Waals surface area contributed by atoms with Crippen LogP contribution in [0.15, 0.2) is 58.1 Å². The van der Waals surface area contributed by atoms with Gasteiger partial charge < -0.3 is 15.2 Å². The first-order chi connectivity index (χ1) is 15.1. The number of benzene rings is 2. The predicted molar refractivity (Wildman–Crippen MR) is 122 cm³/mol. The van der Waals surface area contributed by atoms with Crippen LogP contribution in [0.1, 0.15) is 41.6 Å². The second-order valence-corrected chi connectivity index (χ2v) is 8.08. The quantitative estimate of drug-likeness (QED) is 0.575. The lowest BCUT2D eigenvalue weighted by atomic mass is 10.1. The van der Waals surface area contributed by atoms with E-state index in [4.69, 9.17) is 0 Å². The van der Waals surface area contributed by atoms with Crippen molar-refractivity contribution in [3.8, 4) is 0 Å². The third kappa shape index (κ3) is 5.11. The van der Waals surface area contributed by atoms with Gasteiger partial charge in [-0.2, -0.15) is 0 Å². The van der Waals surface area contributed by atoms with Gasteiger partial charge in [-0.15, -0.1) is 0 Å². The third-order valence-electron chi connectivity index (χ3n) is 5.81. The molecule has 7 heteroatoms. The Labute approximate surface area is 180 Å². The highest BCUT2D eigenvalue weighted by atomic mass is 16.2. The second kappa shape index (κ2) is 9.75. The number of nitrogens with one attached hydrogen (secondary N) is 2. The van der Waals surface area contributed by atoms with Crippen LogP contribution in [0.3, 0.4) is 0 Å². The Morgan fingerprint density at radius 1 is 1.00 bits per heavy atom. The minimum atomic E-state index is -0.486. The van der Waals surface area contributed by atoms with E-state index in [1.807, 2.05) is 30.3 Å². The molecule has 2 heterocycles. The number of amides is 1. The Balaban J connectivity index is 1.44. The molecule has 1 aliphatic rings. The molecule has 0 bridgehead atoms. The van der Waals surface area contributed by atoms with E-state index in [9.17, 15) is 14.4 Å². The molecule has 1 fully saturated rings. The van der Waals surface area contributed by atoms with Gasteiger partial charge >= 0.3 is 5.69 Å². The number of fused-ring (bicyclic) bond motifs is 1. The molecule has 3 aromatic rings. The summed E-state index contributed by atoms with van der Waals surface area (Å²) in [5.41, 5.74) is 0.827. The molecule has 31 heavy (non-hydrogen) atoms. The topological polar surface area (TPSA) is 87.2 Å². The molecule has 0 unspecified atom stereocenters. The summed E-state index contributed by atoms with van der Waals surface area (Å²) in [5.74, 6) is -0.199. The van der Waals surface area contributed by atoms with Gasteiger partial charge in [0.25, 0.3) is 11.5 Å². The normalized spacial score (nSPS) is 14.6. The van der Waals surface area contributed by atoms with Crippen molar-refractivity contribution < 1.29 is 4.79 Å². The summed E-state index contributed by atoms with van der Waals surface area (Å²) in [4.78, 5) is 43.0. The maximum Gasteiger partial charge on any atom is 0.329 e. The van der Waals surface area contributed by atoms with Crippen molar-refractivity contribution in [3.05, 3.63) is 80.5 Å². The monoisotopic (exact) mass is 420 g/mol. The molecule has 0 spiro atoms. The molecule has 0 radical (unpaired) electrons. The summed E-state index contributed by atoms with van der Waals surface area (Å²) < 4.78 is 1.18. The number of hydrogen-bond acceptors (Lipinski definition) is 4. The highest BCUT2D eigenvalue weighted by Crippen LogP contribution is 2.11. The van der Waals surface area contributed by atoms with Crippen LogP contribution in [0, 0.1) is 0 Å². The van der Waals surface area contributed by atoms with E-state index in [0.717, 1.165) is 31.6 Å². The minimum Gasteiger partial charge on any atom is -0.352 e. The molecule has 1 saturated heterocycles. The van der Waals surface area contributed by atoms with E-state index in [-0.39, 0.29) is 18.0 Å². The predicted octanol–water partition coefficient (Wildman–Crippen LogP) is 2.34. The zero-order valence-corrected chi connectivity index (χ0v) is 17.6. The molecule has 0 aliphatic carbocycles. The summed E-state index contributed by atoms with van der Waals surface area (Å²) in [6.07, 6.45) is 4.73. The van der Waals surface area contributed by atoms with Crippen molar-refractivity contribution in [2.45, 2.75) is 32.2 Å². The minimum absolute atomic E-state index is 0.199. The van der Waals surface area contributed by atoms with Crippen LogP contribution in [-0.2, 0) is 6.54 Å². The van der Waals surface area contributed by atoms with Crippen molar-refractivity contribution in [2.75, 3.05) is 26.2 Å². The molecular weight excluding hydrogens is 392 g/mol. The molecule has 0 atom stereocenters. The maximum absolute atomic E-state index is 12.8. The van der Waals surface area contributed by atoms with E-state index >= 15 is 0 Å². The average molecular weight is 421 g/mol. The lowest BCUT2D eigenvalue weighted by Crippen LogP contribution is -2.35. The lowest BCUT2D eigenvalue weighted by Gasteiger charge is -2.26. The Kier molecular flexibility index (Phi) is 6.62. The van der Waals surface area contributed by atoms with Crippen LogP contribution in [0.2, 0.25) is 0 Å². The van der Waals surface area contributed by atoms with Crippen LogP contribution in [0.25, 0.3) is 10.9 Å². The molecule has 1 amide bonds. The summed E-state index contributed by atoms with van der Waals surface area (Å²) in [6, 6.07) is 14.2. The van der Waals surface area contributed by atoms with E-state index in [2.05, 4.69) is 15.2 Å². The first kappa shape index (κ1) is 21.1. The van der Waals surface area contributed by atoms with Gasteiger partial charge in [0.2, 0.25) is 0 Å². The molecule has 2 N–H and O–H groups in total. The number of aromatic amines is 1. The summed E-state index contributed by atoms with van der Waals surface area (Å²) in [6.45, 7) is 4.08. The van der Waals surface area contributed by atoms with Gasteiger partial charge in [0.15, 0.2) is 0 Å². The van der Waals surface area contributed by atoms with E-state index in [0.29, 0.717) is 23.0 Å². The number of likely N-dealkylation sites (tertiary alicyclic amines) is 1. The summed E-state index contributed by atoms with van der Waals surface area (Å²) >= 11 is 0. The fourth-order valence-corrected chi connectivity index (χ4v) is 4.09. The van der Waals surface area contributed by atoms with Crippen molar-refractivity contribution in [1.29, 1.82) is 0 Å². The number of aromatic nitrogens is 2. The lowest BCUT2D eigenvalue weighted by molar-refractivity contribution is 0.0951. The zero-order chi connectivity index (χ0) is 21.6. The van der Waals surface area contributed by atoms with Crippen molar-refractivity contribution in [2.24, 2.45) is 0 Å². The Bertz CT molecular complexity index is 1160. The summed E-state index contributed by atoms with van der Waals surface area (Å²) in [7, 11) is 0. The molecule has 1 aromatic heterocycles. The van der Waals surface area contributed by atoms with Gasteiger partial charge in [-0.05, 0) is 62.7 Å². The number of nitrogens with zero attached hydrogens (tertiary/aromatic N) is 2. The highest BCUT2D eigenvalue weighted by molar-refractivity contribution is 5.97. The number of carbonyl (C=O) groups is 1. The van der Waals surface area contributed by atoms with Gasteiger partial charge in [-0.1, -0.05) is 36.8 Å². The van der Waals surface area contributed by atoms with E-state index < -0.39 is 5.69 Å². The number of H-pyrrole nitrogens is 1. The fraction of sp³-hybridized carbons (Fsp3) is 0.375. The van der Waals surface area contributed by atoms with Gasteiger partial charge in [-0.3, -0.25) is 14.2 Å². The van der Waals surface area contributed by atoms with Crippen LogP contribution >= 0.6 is 0 Å². The van der Waals surface area contributed by atoms with Crippen LogP contribution in [0.5, 0.6) is 0 Å². The Morgan fingerprint density at radius 3 is 2.55 bits per heavy atom. The van der Waals surface area contributed by atoms with Gasteiger partial charge in [0.1, 0.15) is 0 Å². The number of rotatable bonds is 7. The van der Waals surface area contributed by atoms with E-state index in [1.165, 1.54) is 23.8 Å². The van der Waals surface area contributed by atoms with Crippen LogP contribution in [0.4, 0.5) is 0 Å². The van der Waals surface area contributed by atoms with Crippen LogP contribution in [-0.4, -0.2) is 46.5 Å². The number of carbonyl (C=O) groups excluding carboxylic acids is 1. The Morgan fingerprint density at radius 2 is 1.77 bits per heavy atom. The first-order valence-electron chi connectivity index (χ1n) is 10.9. The number of hydrogen-bond donors (Lipinski definition) is 2.